The predicted octanol–water partition coefficient (Wildman–Crippen LogP) is 5.33. The summed E-state index contributed by atoms with van der Waals surface area (Å²) in [5.74, 6) is 1.71. The van der Waals surface area contributed by atoms with Crippen LogP contribution in [0.5, 0.6) is 11.5 Å². The maximum Gasteiger partial charge on any atom is 0.305 e. The molecule has 1 unspecified atom stereocenters. The minimum Gasteiger partial charge on any atom is -0.481 e. The van der Waals surface area contributed by atoms with Crippen LogP contribution in [0, 0.1) is 0 Å². The molecule has 3 rings (SSSR count). The molecule has 3 nitrogen and oxygen atoms in total. The Hall–Kier alpha value is -1.65. The van der Waals surface area contributed by atoms with Crippen molar-refractivity contribution in [1.29, 1.82) is 0 Å². The first kappa shape index (κ1) is 16.2. The topological polar surface area (TPSA) is 46.5 Å². The second kappa shape index (κ2) is 6.85. The number of halogens is 1. The van der Waals surface area contributed by atoms with Gasteiger partial charge in [-0.05, 0) is 60.6 Å². The Labute approximate surface area is 144 Å². The highest BCUT2D eigenvalue weighted by molar-refractivity contribution is 8.00. The Morgan fingerprint density at radius 2 is 1.74 bits per heavy atom. The van der Waals surface area contributed by atoms with E-state index in [1.165, 1.54) is 0 Å². The first-order chi connectivity index (χ1) is 11.1. The zero-order valence-corrected chi connectivity index (χ0v) is 14.1. The van der Waals surface area contributed by atoms with Crippen LogP contribution in [0.15, 0.2) is 48.5 Å². The van der Waals surface area contributed by atoms with Gasteiger partial charge in [-0.2, -0.15) is 0 Å². The number of carboxylic acid groups (broad SMARTS) is 1. The summed E-state index contributed by atoms with van der Waals surface area (Å²) in [5.41, 5.74) is 1.06. The van der Waals surface area contributed by atoms with Crippen LogP contribution in [0.1, 0.15) is 24.8 Å². The van der Waals surface area contributed by atoms with E-state index in [1.807, 2.05) is 36.4 Å². The van der Waals surface area contributed by atoms with Crippen LogP contribution in [0.4, 0.5) is 0 Å². The number of benzene rings is 2. The maximum absolute atomic E-state index is 11.2. The van der Waals surface area contributed by atoms with Crippen molar-refractivity contribution in [3.8, 4) is 11.5 Å². The highest BCUT2D eigenvalue weighted by atomic mass is 35.5. The van der Waals surface area contributed by atoms with Crippen molar-refractivity contribution in [3.63, 3.8) is 0 Å². The molecule has 0 aromatic heterocycles. The fraction of sp³-hybridized carbons (Fsp3) is 0.278. The molecule has 1 N–H and O–H groups in total. The number of rotatable bonds is 5. The standard InChI is InChI=1S/C18H17ClO3S/c19-14-4-8-16(9-5-14)22-15-6-2-13(3-7-15)18(12-17(20)21)10-1-11-23-18/h2-9H,1,10-12H2,(H,20,21). The van der Waals surface area contributed by atoms with Crippen LogP contribution < -0.4 is 4.74 Å². The van der Waals surface area contributed by atoms with Crippen molar-refractivity contribution in [2.24, 2.45) is 0 Å². The Kier molecular flexibility index (Phi) is 4.83. The number of hydrogen-bond donors (Lipinski definition) is 1. The van der Waals surface area contributed by atoms with Gasteiger partial charge in [-0.1, -0.05) is 23.7 Å². The van der Waals surface area contributed by atoms with Gasteiger partial charge in [0.25, 0.3) is 0 Å². The average Bonchev–Trinajstić information content (AvgIpc) is 2.99. The van der Waals surface area contributed by atoms with Gasteiger partial charge < -0.3 is 9.84 Å². The number of carboxylic acids is 1. The molecule has 0 amide bonds. The summed E-state index contributed by atoms with van der Waals surface area (Å²) in [6.07, 6.45) is 2.12. The lowest BCUT2D eigenvalue weighted by molar-refractivity contribution is -0.137. The Morgan fingerprint density at radius 3 is 2.26 bits per heavy atom. The van der Waals surface area contributed by atoms with E-state index in [9.17, 15) is 9.90 Å². The Balaban J connectivity index is 1.78. The molecule has 2 aromatic rings. The summed E-state index contributed by atoms with van der Waals surface area (Å²) >= 11 is 7.61. The molecule has 1 fully saturated rings. The van der Waals surface area contributed by atoms with Crippen LogP contribution in [-0.2, 0) is 9.54 Å². The van der Waals surface area contributed by atoms with Crippen molar-refractivity contribution in [3.05, 3.63) is 59.1 Å². The van der Waals surface area contributed by atoms with E-state index in [2.05, 4.69) is 0 Å². The lowest BCUT2D eigenvalue weighted by Gasteiger charge is -2.27. The van der Waals surface area contributed by atoms with Gasteiger partial charge in [-0.15, -0.1) is 11.8 Å². The van der Waals surface area contributed by atoms with Gasteiger partial charge in [-0.25, -0.2) is 0 Å². The fourth-order valence-corrected chi connectivity index (χ4v) is 4.50. The van der Waals surface area contributed by atoms with Gasteiger partial charge in [0.1, 0.15) is 11.5 Å². The summed E-state index contributed by atoms with van der Waals surface area (Å²) in [7, 11) is 0. The molecule has 0 spiro atoms. The van der Waals surface area contributed by atoms with Gasteiger partial charge in [0.15, 0.2) is 0 Å². The number of ether oxygens (including phenoxy) is 1. The van der Waals surface area contributed by atoms with Crippen LogP contribution >= 0.6 is 23.4 Å². The van der Waals surface area contributed by atoms with Gasteiger partial charge in [0, 0.05) is 5.02 Å². The first-order valence-electron chi connectivity index (χ1n) is 7.47. The summed E-state index contributed by atoms with van der Waals surface area (Å²) in [6, 6.07) is 14.9. The predicted molar refractivity (Wildman–Crippen MR) is 93.6 cm³/mol. The van der Waals surface area contributed by atoms with E-state index < -0.39 is 5.97 Å². The molecule has 1 heterocycles. The van der Waals surface area contributed by atoms with Crippen LogP contribution in [0.3, 0.4) is 0 Å². The van der Waals surface area contributed by atoms with Crippen LogP contribution in [0.25, 0.3) is 0 Å². The minimum atomic E-state index is -0.749. The van der Waals surface area contributed by atoms with Crippen molar-refractivity contribution in [2.45, 2.75) is 24.0 Å². The van der Waals surface area contributed by atoms with Crippen molar-refractivity contribution >= 4 is 29.3 Å². The summed E-state index contributed by atoms with van der Waals surface area (Å²) in [6.45, 7) is 0. The third-order valence-corrected chi connectivity index (χ3v) is 5.85. The summed E-state index contributed by atoms with van der Waals surface area (Å²) < 4.78 is 5.48. The average molecular weight is 349 g/mol. The molecular weight excluding hydrogens is 332 g/mol. The largest absolute Gasteiger partial charge is 0.481 e. The number of hydrogen-bond acceptors (Lipinski definition) is 3. The summed E-state index contributed by atoms with van der Waals surface area (Å²) in [5, 5.41) is 9.89. The minimum absolute atomic E-state index is 0.162. The fourth-order valence-electron chi connectivity index (χ4n) is 2.88. The molecule has 5 heteroatoms. The molecule has 23 heavy (non-hydrogen) atoms. The van der Waals surface area contributed by atoms with Gasteiger partial charge in [0.05, 0.1) is 11.2 Å². The van der Waals surface area contributed by atoms with Crippen molar-refractivity contribution in [1.82, 2.24) is 0 Å². The first-order valence-corrected chi connectivity index (χ1v) is 8.83. The molecule has 1 aliphatic heterocycles. The highest BCUT2D eigenvalue weighted by Gasteiger charge is 2.38. The van der Waals surface area contributed by atoms with Crippen molar-refractivity contribution < 1.29 is 14.6 Å². The van der Waals surface area contributed by atoms with E-state index in [-0.39, 0.29) is 11.2 Å². The lowest BCUT2D eigenvalue weighted by Crippen LogP contribution is -2.22. The lowest BCUT2D eigenvalue weighted by atomic mass is 9.90. The quantitative estimate of drug-likeness (QED) is 0.793. The highest BCUT2D eigenvalue weighted by Crippen LogP contribution is 2.49. The molecule has 120 valence electrons. The van der Waals surface area contributed by atoms with Crippen LogP contribution in [0.2, 0.25) is 5.02 Å². The van der Waals surface area contributed by atoms with E-state index in [4.69, 9.17) is 16.3 Å². The Bertz CT molecular complexity index is 676. The number of aliphatic carboxylic acids is 1. The van der Waals surface area contributed by atoms with E-state index >= 15 is 0 Å². The third-order valence-electron chi connectivity index (χ3n) is 3.97. The SMILES string of the molecule is O=C(O)CC1(c2ccc(Oc3ccc(Cl)cc3)cc2)CCCS1. The molecule has 0 bridgehead atoms. The zero-order valence-electron chi connectivity index (χ0n) is 12.5. The molecule has 0 aliphatic carbocycles. The van der Waals surface area contributed by atoms with E-state index in [1.54, 1.807) is 23.9 Å². The molecule has 1 aliphatic rings. The van der Waals surface area contributed by atoms with Gasteiger partial charge >= 0.3 is 5.97 Å². The second-order valence-electron chi connectivity index (χ2n) is 5.60. The Morgan fingerprint density at radius 1 is 1.13 bits per heavy atom. The molecule has 0 saturated carbocycles. The molecular formula is C18H17ClO3S. The van der Waals surface area contributed by atoms with Crippen molar-refractivity contribution in [2.75, 3.05) is 5.75 Å². The zero-order chi connectivity index (χ0) is 16.3. The molecule has 0 radical (unpaired) electrons. The molecule has 2 aromatic carbocycles. The number of thioether (sulfide) groups is 1. The monoisotopic (exact) mass is 348 g/mol. The van der Waals surface area contributed by atoms with Crippen LogP contribution in [-0.4, -0.2) is 16.8 Å². The molecule has 1 atom stereocenters. The number of carbonyl (C=O) groups is 1. The van der Waals surface area contributed by atoms with E-state index in [0.29, 0.717) is 5.02 Å². The third kappa shape index (κ3) is 3.82. The summed E-state index contributed by atoms with van der Waals surface area (Å²) in [4.78, 5) is 11.2. The normalized spacial score (nSPS) is 20.4. The maximum atomic E-state index is 11.2. The second-order valence-corrected chi connectivity index (χ2v) is 7.51. The van der Waals surface area contributed by atoms with E-state index in [0.717, 1.165) is 35.7 Å². The molecule has 1 saturated heterocycles. The van der Waals surface area contributed by atoms with Gasteiger partial charge in [-0.3, -0.25) is 4.79 Å². The smallest absolute Gasteiger partial charge is 0.305 e. The van der Waals surface area contributed by atoms with Gasteiger partial charge in [0.2, 0.25) is 0 Å².